The number of halogens is 1. The maximum atomic E-state index is 16.3. The Morgan fingerprint density at radius 1 is 1.08 bits per heavy atom. The summed E-state index contributed by atoms with van der Waals surface area (Å²) in [4.78, 5) is 42.5. The van der Waals surface area contributed by atoms with E-state index in [4.69, 9.17) is 4.74 Å². The first-order valence-corrected chi connectivity index (χ1v) is 19.8. The number of nitro groups is 1. The summed E-state index contributed by atoms with van der Waals surface area (Å²) >= 11 is 0. The zero-order chi connectivity index (χ0) is 35.4. The highest BCUT2D eigenvalue weighted by atomic mass is 28.4. The van der Waals surface area contributed by atoms with Gasteiger partial charge in [-0.25, -0.2) is 0 Å². The Morgan fingerprint density at radius 2 is 1.84 bits per heavy atom. The van der Waals surface area contributed by atoms with Gasteiger partial charge >= 0.3 is 0 Å². The van der Waals surface area contributed by atoms with Gasteiger partial charge in [0, 0.05) is 67.0 Å². The van der Waals surface area contributed by atoms with Crippen LogP contribution in [0.3, 0.4) is 0 Å². The van der Waals surface area contributed by atoms with Gasteiger partial charge < -0.3 is 18.9 Å². The van der Waals surface area contributed by atoms with Crippen molar-refractivity contribution >= 4 is 43.0 Å². The largest absolute Gasteiger partial charge is 0.396 e. The number of nitrogens with zero attached hydrogens (tertiary/aromatic N) is 6. The smallest absolute Gasteiger partial charge is 0.269 e. The van der Waals surface area contributed by atoms with Crippen LogP contribution in [0.5, 0.6) is 0 Å². The molecule has 4 aromatic rings. The molecule has 1 N–H and O–H groups in total. The Balaban J connectivity index is 1.21. The van der Waals surface area contributed by atoms with Gasteiger partial charge in [-0.1, -0.05) is 42.5 Å². The molecule has 50 heavy (non-hydrogen) atoms. The van der Waals surface area contributed by atoms with Crippen molar-refractivity contribution in [2.75, 3.05) is 16.4 Å². The molecule has 14 heteroatoms. The van der Waals surface area contributed by atoms with Crippen molar-refractivity contribution in [1.82, 2.24) is 15.0 Å². The number of carbonyl (C=O) groups is 2. The SMILES string of the molecule is C[C@H]1[C@H]([Si](C)(C)F)[C@@H](CCn2cc(CCO)nn2)O[C@]12C(=O)N(Cc1ccc(N3C(=O)CCc4ccccc43)cc1)c1ccc([N+](=O)[O-])cc12. The van der Waals surface area contributed by atoms with E-state index in [2.05, 4.69) is 10.3 Å². The molecule has 1 saturated heterocycles. The van der Waals surface area contributed by atoms with E-state index in [0.29, 0.717) is 49.2 Å². The highest BCUT2D eigenvalue weighted by Gasteiger charge is 2.66. The number of fused-ring (bicyclic) bond motifs is 3. The predicted molar refractivity (Wildman–Crippen MR) is 186 cm³/mol. The van der Waals surface area contributed by atoms with Gasteiger partial charge in [-0.15, -0.1) is 5.10 Å². The first-order valence-electron chi connectivity index (χ1n) is 16.9. The Hall–Kier alpha value is -4.79. The minimum absolute atomic E-state index is 0.00821. The second kappa shape index (κ2) is 12.8. The summed E-state index contributed by atoms with van der Waals surface area (Å²) in [6.45, 7) is 5.47. The van der Waals surface area contributed by atoms with E-state index in [1.807, 2.05) is 55.5 Å². The highest BCUT2D eigenvalue weighted by molar-refractivity contribution is 6.72. The predicted octanol–water partition coefficient (Wildman–Crippen LogP) is 5.74. The van der Waals surface area contributed by atoms with E-state index >= 15 is 4.11 Å². The fraction of sp³-hybridized carbons (Fsp3) is 0.389. The minimum atomic E-state index is -3.47. The Labute approximate surface area is 289 Å². The average molecular weight is 699 g/mol. The van der Waals surface area contributed by atoms with Crippen molar-refractivity contribution in [3.05, 3.63) is 105 Å². The number of ether oxygens (including phenoxy) is 1. The monoisotopic (exact) mass is 698 g/mol. The van der Waals surface area contributed by atoms with E-state index in [1.54, 1.807) is 39.8 Å². The van der Waals surface area contributed by atoms with Gasteiger partial charge in [0.2, 0.25) is 14.3 Å². The maximum Gasteiger partial charge on any atom is 0.269 e. The molecule has 1 fully saturated rings. The number of carbonyl (C=O) groups excluding carboxylic acids is 2. The van der Waals surface area contributed by atoms with Crippen molar-refractivity contribution in [2.45, 2.75) is 76.0 Å². The molecule has 0 radical (unpaired) electrons. The molecule has 4 heterocycles. The number of amides is 2. The van der Waals surface area contributed by atoms with Crippen LogP contribution in [-0.2, 0) is 45.9 Å². The zero-order valence-electron chi connectivity index (χ0n) is 28.2. The lowest BCUT2D eigenvalue weighted by Crippen LogP contribution is -2.45. The number of non-ortho nitro benzene ring substituents is 1. The van der Waals surface area contributed by atoms with Crippen LogP contribution in [0.2, 0.25) is 18.6 Å². The number of para-hydroxylation sites is 1. The van der Waals surface area contributed by atoms with Gasteiger partial charge in [-0.3, -0.25) is 29.3 Å². The second-order valence-corrected chi connectivity index (χ2v) is 17.7. The molecule has 1 spiro atoms. The van der Waals surface area contributed by atoms with Gasteiger partial charge in [-0.2, -0.15) is 0 Å². The molecule has 3 aliphatic rings. The van der Waals surface area contributed by atoms with Crippen molar-refractivity contribution in [3.8, 4) is 0 Å². The maximum absolute atomic E-state index is 16.3. The lowest BCUT2D eigenvalue weighted by atomic mass is 9.82. The number of anilines is 3. The van der Waals surface area contributed by atoms with Crippen LogP contribution in [0.15, 0.2) is 72.9 Å². The Kier molecular flexibility index (Phi) is 8.64. The number of aryl methyl sites for hydroxylation is 2. The highest BCUT2D eigenvalue weighted by Crippen LogP contribution is 2.60. The summed E-state index contributed by atoms with van der Waals surface area (Å²) in [5, 5.41) is 29.4. The van der Waals surface area contributed by atoms with Crippen LogP contribution in [0, 0.1) is 16.0 Å². The number of nitro benzene ring substituents is 1. The van der Waals surface area contributed by atoms with Gasteiger partial charge in [0.25, 0.3) is 11.6 Å². The molecule has 1 aromatic heterocycles. The van der Waals surface area contributed by atoms with E-state index in [1.165, 1.54) is 12.1 Å². The molecule has 260 valence electrons. The van der Waals surface area contributed by atoms with Gasteiger partial charge in [-0.05, 0) is 61.3 Å². The number of benzene rings is 3. The van der Waals surface area contributed by atoms with Crippen molar-refractivity contribution in [2.24, 2.45) is 5.92 Å². The molecule has 3 aromatic carbocycles. The third-order valence-electron chi connectivity index (χ3n) is 10.4. The number of hydrogen-bond donors (Lipinski definition) is 1. The van der Waals surface area contributed by atoms with E-state index in [0.717, 1.165) is 22.5 Å². The molecule has 2 amide bonds. The molecular weight excluding hydrogens is 660 g/mol. The third kappa shape index (κ3) is 5.70. The van der Waals surface area contributed by atoms with Crippen LogP contribution in [0.25, 0.3) is 0 Å². The molecule has 3 aliphatic heterocycles. The molecule has 12 nitrogen and oxygen atoms in total. The first-order chi connectivity index (χ1) is 23.9. The standard InChI is InChI=1S/C36H39FN6O6Si/c1-23-34(50(2,3)37)32(16-18-40-22-26(17-19-44)38-39-40)49-36(23)29-20-28(43(47)48)13-14-31(29)41(35(36)46)21-24-8-11-27(12-9-24)42-30-7-5-4-6-25(30)10-15-33(42)45/h4-9,11-14,20,22-23,32,34,44H,10,15-19,21H2,1-3H3/t23-,32+,34-,36+/m0/s1. The number of aromatic nitrogens is 3. The lowest BCUT2D eigenvalue weighted by Gasteiger charge is -2.31. The fourth-order valence-electron chi connectivity index (χ4n) is 8.16. The quantitative estimate of drug-likeness (QED) is 0.0956. The van der Waals surface area contributed by atoms with Crippen molar-refractivity contribution in [1.29, 1.82) is 0 Å². The van der Waals surface area contributed by atoms with Gasteiger partial charge in [0.05, 0.1) is 34.6 Å². The summed E-state index contributed by atoms with van der Waals surface area (Å²) in [5.41, 5.74) is 2.54. The van der Waals surface area contributed by atoms with Crippen LogP contribution in [-0.4, -0.2) is 58.0 Å². The summed E-state index contributed by atoms with van der Waals surface area (Å²) in [6.07, 6.45) is 2.87. The number of aliphatic hydroxyl groups excluding tert-OH is 1. The van der Waals surface area contributed by atoms with Gasteiger partial charge in [0.15, 0.2) is 5.60 Å². The summed E-state index contributed by atoms with van der Waals surface area (Å²) in [6, 6.07) is 19.6. The van der Waals surface area contributed by atoms with E-state index in [9.17, 15) is 24.8 Å². The van der Waals surface area contributed by atoms with Gasteiger partial charge in [0.1, 0.15) is 0 Å². The van der Waals surface area contributed by atoms with Crippen LogP contribution < -0.4 is 9.80 Å². The minimum Gasteiger partial charge on any atom is -0.396 e. The Bertz CT molecular complexity index is 1960. The first kappa shape index (κ1) is 33.7. The van der Waals surface area contributed by atoms with Crippen LogP contribution in [0.1, 0.15) is 42.1 Å². The van der Waals surface area contributed by atoms with E-state index in [-0.39, 0.29) is 30.7 Å². The van der Waals surface area contributed by atoms with Crippen molar-refractivity contribution in [3.63, 3.8) is 0 Å². The average Bonchev–Trinajstić information content (AvgIpc) is 3.74. The number of rotatable bonds is 10. The summed E-state index contributed by atoms with van der Waals surface area (Å²) < 4.78 is 24.6. The molecular formula is C36H39FN6O6Si. The topological polar surface area (TPSA) is 144 Å². The van der Waals surface area contributed by atoms with Crippen LogP contribution in [0.4, 0.5) is 26.9 Å². The summed E-state index contributed by atoms with van der Waals surface area (Å²) in [7, 11) is -3.47. The molecule has 0 unspecified atom stereocenters. The van der Waals surface area contributed by atoms with E-state index < -0.39 is 36.5 Å². The molecule has 7 rings (SSSR count). The summed E-state index contributed by atoms with van der Waals surface area (Å²) in [5.74, 6) is -0.999. The number of aliphatic hydroxyl groups is 1. The Morgan fingerprint density at radius 3 is 2.56 bits per heavy atom. The normalized spacial score (nSPS) is 23.1. The van der Waals surface area contributed by atoms with Crippen LogP contribution >= 0.6 is 0 Å². The lowest BCUT2D eigenvalue weighted by molar-refractivity contribution is -0.385. The zero-order valence-corrected chi connectivity index (χ0v) is 29.2. The van der Waals surface area contributed by atoms with Crippen molar-refractivity contribution < 1.29 is 28.5 Å². The fourth-order valence-corrected chi connectivity index (χ4v) is 10.7. The molecule has 0 bridgehead atoms. The second-order valence-electron chi connectivity index (χ2n) is 13.9. The molecule has 4 atom stereocenters. The molecule has 0 saturated carbocycles. The molecule has 0 aliphatic carbocycles. The third-order valence-corrected chi connectivity index (χ3v) is 12.8. The number of hydrogen-bond acceptors (Lipinski definition) is 8.